The molecule has 0 aromatic heterocycles. The number of alkyl halides is 1. The van der Waals surface area contributed by atoms with Gasteiger partial charge in [-0.2, -0.15) is 0 Å². The largest absolute Gasteiger partial charge is 0.451 e. The molecule has 2 aromatic rings. The Balaban J connectivity index is 2.35. The first-order valence-corrected chi connectivity index (χ1v) is 7.09. The maximum atomic E-state index is 13.7. The van der Waals surface area contributed by atoms with Crippen molar-refractivity contribution < 1.29 is 17.9 Å². The number of hydrogen-bond acceptors (Lipinski definition) is 1. The molecule has 0 aliphatic rings. The number of benzene rings is 2. The van der Waals surface area contributed by atoms with Gasteiger partial charge in [0.25, 0.3) is 0 Å². The van der Waals surface area contributed by atoms with Gasteiger partial charge in [0.15, 0.2) is 17.4 Å². The van der Waals surface area contributed by atoms with Crippen molar-refractivity contribution in [2.45, 2.75) is 5.33 Å². The molecule has 6 heteroatoms. The second-order valence-corrected chi connectivity index (χ2v) is 5.12. The summed E-state index contributed by atoms with van der Waals surface area (Å²) in [5, 5.41) is 0.337. The van der Waals surface area contributed by atoms with Crippen LogP contribution in [0.25, 0.3) is 0 Å². The third-order valence-corrected chi connectivity index (χ3v) is 3.58. The van der Waals surface area contributed by atoms with Gasteiger partial charge in [-0.05, 0) is 51.8 Å². The summed E-state index contributed by atoms with van der Waals surface area (Å²) in [7, 11) is 0. The predicted octanol–water partition coefficient (Wildman–Crippen LogP) is 5.55. The molecule has 0 N–H and O–H groups in total. The van der Waals surface area contributed by atoms with E-state index >= 15 is 0 Å². The average Bonchev–Trinajstić information content (AvgIpc) is 2.37. The van der Waals surface area contributed by atoms with Crippen LogP contribution >= 0.6 is 31.9 Å². The van der Waals surface area contributed by atoms with Crippen LogP contribution in [0.2, 0.25) is 0 Å². The van der Waals surface area contributed by atoms with Crippen LogP contribution in [0, 0.1) is 17.5 Å². The minimum atomic E-state index is -0.810. The molecule has 0 aliphatic carbocycles. The van der Waals surface area contributed by atoms with Crippen molar-refractivity contribution in [3.8, 4) is 11.5 Å². The molecular formula is C13H7Br2F3O. The molecule has 0 bridgehead atoms. The lowest BCUT2D eigenvalue weighted by molar-refractivity contribution is 0.406. The highest BCUT2D eigenvalue weighted by atomic mass is 79.9. The van der Waals surface area contributed by atoms with E-state index in [1.165, 1.54) is 24.3 Å². The molecule has 0 amide bonds. The summed E-state index contributed by atoms with van der Waals surface area (Å²) < 4.78 is 45.7. The molecule has 0 saturated heterocycles. The summed E-state index contributed by atoms with van der Waals surface area (Å²) >= 11 is 6.08. The zero-order chi connectivity index (χ0) is 14.0. The topological polar surface area (TPSA) is 9.23 Å². The van der Waals surface area contributed by atoms with Crippen molar-refractivity contribution in [3.05, 3.63) is 57.8 Å². The summed E-state index contributed by atoms with van der Waals surface area (Å²) in [5.74, 6) is -2.48. The van der Waals surface area contributed by atoms with E-state index in [1.54, 1.807) is 0 Å². The predicted molar refractivity (Wildman–Crippen MR) is 73.2 cm³/mol. The fourth-order valence-electron chi connectivity index (χ4n) is 1.45. The van der Waals surface area contributed by atoms with Crippen LogP contribution in [0.1, 0.15) is 5.56 Å². The van der Waals surface area contributed by atoms with Crippen LogP contribution in [-0.4, -0.2) is 0 Å². The first kappa shape index (κ1) is 14.4. The molecule has 0 unspecified atom stereocenters. The first-order chi connectivity index (χ1) is 9.01. The summed E-state index contributed by atoms with van der Waals surface area (Å²) in [6.45, 7) is 0. The van der Waals surface area contributed by atoms with Gasteiger partial charge in [0.2, 0.25) is 0 Å². The van der Waals surface area contributed by atoms with Gasteiger partial charge in [-0.3, -0.25) is 0 Å². The van der Waals surface area contributed by atoms with E-state index in [0.29, 0.717) is 10.9 Å². The van der Waals surface area contributed by atoms with E-state index in [0.717, 1.165) is 6.07 Å². The third-order valence-electron chi connectivity index (χ3n) is 2.32. The Morgan fingerprint density at radius 2 is 1.58 bits per heavy atom. The van der Waals surface area contributed by atoms with E-state index in [2.05, 4.69) is 31.9 Å². The molecule has 0 saturated carbocycles. The quantitative estimate of drug-likeness (QED) is 0.618. The highest BCUT2D eigenvalue weighted by Crippen LogP contribution is 2.31. The highest BCUT2D eigenvalue weighted by Gasteiger charge is 2.14. The number of ether oxygens (including phenoxy) is 1. The van der Waals surface area contributed by atoms with Gasteiger partial charge in [0.1, 0.15) is 11.6 Å². The van der Waals surface area contributed by atoms with E-state index in [9.17, 15) is 13.2 Å². The second-order valence-electron chi connectivity index (χ2n) is 3.70. The fourth-order valence-corrected chi connectivity index (χ4v) is 2.13. The van der Waals surface area contributed by atoms with Gasteiger partial charge in [0.05, 0.1) is 4.47 Å². The Morgan fingerprint density at radius 1 is 0.947 bits per heavy atom. The van der Waals surface area contributed by atoms with Crippen molar-refractivity contribution in [1.29, 1.82) is 0 Å². The van der Waals surface area contributed by atoms with Crippen LogP contribution in [0.5, 0.6) is 11.5 Å². The lowest BCUT2D eigenvalue weighted by Crippen LogP contribution is -1.95. The molecular weight excluding hydrogens is 389 g/mol. The molecule has 0 fully saturated rings. The SMILES string of the molecule is Fc1ccc(Oc2c(F)cc(CBr)cc2F)cc1Br. The van der Waals surface area contributed by atoms with Crippen LogP contribution in [0.15, 0.2) is 34.8 Å². The number of hydrogen-bond donors (Lipinski definition) is 0. The third kappa shape index (κ3) is 3.30. The van der Waals surface area contributed by atoms with E-state index in [1.807, 2.05) is 0 Å². The van der Waals surface area contributed by atoms with Crippen LogP contribution in [0.4, 0.5) is 13.2 Å². The number of halogens is 5. The first-order valence-electron chi connectivity index (χ1n) is 5.18. The monoisotopic (exact) mass is 394 g/mol. The molecule has 1 nitrogen and oxygen atoms in total. The molecule has 0 spiro atoms. The average molecular weight is 396 g/mol. The van der Waals surface area contributed by atoms with Gasteiger partial charge >= 0.3 is 0 Å². The zero-order valence-corrected chi connectivity index (χ0v) is 12.6. The Labute approximate surface area is 124 Å². The number of rotatable bonds is 3. The van der Waals surface area contributed by atoms with Crippen molar-refractivity contribution in [3.63, 3.8) is 0 Å². The van der Waals surface area contributed by atoms with E-state index in [4.69, 9.17) is 4.74 Å². The fraction of sp³-hybridized carbons (Fsp3) is 0.0769. The van der Waals surface area contributed by atoms with Gasteiger partial charge in [-0.15, -0.1) is 0 Å². The van der Waals surface area contributed by atoms with Gasteiger partial charge in [-0.25, -0.2) is 13.2 Å². The maximum Gasteiger partial charge on any atom is 0.198 e. The molecule has 100 valence electrons. The summed E-state index contributed by atoms with van der Waals surface area (Å²) in [4.78, 5) is 0. The Bertz CT molecular complexity index is 594. The van der Waals surface area contributed by atoms with Crippen molar-refractivity contribution in [1.82, 2.24) is 0 Å². The second kappa shape index (κ2) is 5.96. The van der Waals surface area contributed by atoms with Gasteiger partial charge in [-0.1, -0.05) is 15.9 Å². The Hall–Kier alpha value is -1.01. The lowest BCUT2D eigenvalue weighted by Gasteiger charge is -2.09. The maximum absolute atomic E-state index is 13.7. The molecule has 0 atom stereocenters. The van der Waals surface area contributed by atoms with Crippen molar-refractivity contribution >= 4 is 31.9 Å². The molecule has 2 rings (SSSR count). The lowest BCUT2D eigenvalue weighted by atomic mass is 10.2. The Morgan fingerprint density at radius 3 is 2.11 bits per heavy atom. The van der Waals surface area contributed by atoms with Crippen molar-refractivity contribution in [2.75, 3.05) is 0 Å². The normalized spacial score (nSPS) is 10.6. The molecule has 0 heterocycles. The van der Waals surface area contributed by atoms with Crippen molar-refractivity contribution in [2.24, 2.45) is 0 Å². The van der Waals surface area contributed by atoms with Crippen LogP contribution < -0.4 is 4.74 Å². The summed E-state index contributed by atoms with van der Waals surface area (Å²) in [5.41, 5.74) is 0.461. The standard InChI is InChI=1S/C13H7Br2F3O/c14-6-7-3-11(17)13(12(18)4-7)19-8-1-2-10(16)9(15)5-8/h1-5H,6H2. The molecule has 0 aliphatic heterocycles. The highest BCUT2D eigenvalue weighted by molar-refractivity contribution is 9.10. The van der Waals surface area contributed by atoms with E-state index in [-0.39, 0.29) is 10.2 Å². The summed E-state index contributed by atoms with van der Waals surface area (Å²) in [6.07, 6.45) is 0. The summed E-state index contributed by atoms with van der Waals surface area (Å²) in [6, 6.07) is 6.07. The minimum Gasteiger partial charge on any atom is -0.451 e. The van der Waals surface area contributed by atoms with Crippen LogP contribution in [0.3, 0.4) is 0 Å². The van der Waals surface area contributed by atoms with Gasteiger partial charge in [0, 0.05) is 5.33 Å². The van der Waals surface area contributed by atoms with E-state index < -0.39 is 23.2 Å². The minimum absolute atomic E-state index is 0.137. The molecule has 2 aromatic carbocycles. The van der Waals surface area contributed by atoms with Crippen LogP contribution in [-0.2, 0) is 5.33 Å². The smallest absolute Gasteiger partial charge is 0.198 e. The molecule has 0 radical (unpaired) electrons. The zero-order valence-electron chi connectivity index (χ0n) is 9.39. The Kier molecular flexibility index (Phi) is 4.52. The van der Waals surface area contributed by atoms with Gasteiger partial charge < -0.3 is 4.74 Å². The molecule has 19 heavy (non-hydrogen) atoms.